The first kappa shape index (κ1) is 67.5. The SMILES string of the molecule is [C-]#[N+]c1cccc2c1-c1ccc(-c3ccc(-c4cc(-c5ccccc5)nc(-c5ccc6ccccc6c5)n4)cc3)cc1C2(c1ccccc1)c1ccccc1.[C-]#[N+]c1cccc2c1-c1ccc(-c3ccc(-c4cc(-c5ccccc5)nc(-c5cccc(-c6ccccc6)c5)n4)cc3)cc1C2(c1ccccc1)c1ccccc1. The van der Waals surface area contributed by atoms with Crippen LogP contribution in [0.2, 0.25) is 0 Å². The van der Waals surface area contributed by atoms with Crippen LogP contribution in [-0.4, -0.2) is 19.9 Å². The van der Waals surface area contributed by atoms with Crippen molar-refractivity contribution in [1.29, 1.82) is 0 Å². The molecule has 20 rings (SSSR count). The van der Waals surface area contributed by atoms with Gasteiger partial charge in [-0.2, -0.15) is 0 Å². The summed E-state index contributed by atoms with van der Waals surface area (Å²) in [5.74, 6) is 1.38. The summed E-state index contributed by atoms with van der Waals surface area (Å²) in [6.45, 7) is 16.3. The first-order valence-corrected chi connectivity index (χ1v) is 37.7. The summed E-state index contributed by atoms with van der Waals surface area (Å²) in [7, 11) is 0. The van der Waals surface area contributed by atoms with E-state index < -0.39 is 10.8 Å². The highest BCUT2D eigenvalue weighted by Gasteiger charge is 2.48. The van der Waals surface area contributed by atoms with Gasteiger partial charge in [-0.05, 0) is 147 Å². The molecule has 0 spiro atoms. The largest absolute Gasteiger partial charge is 0.238 e. The molecule has 6 nitrogen and oxygen atoms in total. The van der Waals surface area contributed by atoms with E-state index in [9.17, 15) is 0 Å². The predicted octanol–water partition coefficient (Wildman–Crippen LogP) is 26.9. The average molecular weight is 1430 g/mol. The van der Waals surface area contributed by atoms with E-state index in [1.807, 2.05) is 66.7 Å². The molecule has 0 unspecified atom stereocenters. The summed E-state index contributed by atoms with van der Waals surface area (Å²) < 4.78 is 0. The van der Waals surface area contributed by atoms with Crippen molar-refractivity contribution in [3.63, 3.8) is 0 Å². The number of hydrogen-bond acceptors (Lipinski definition) is 4. The molecular weight excluding hydrogens is 1360 g/mol. The van der Waals surface area contributed by atoms with Crippen LogP contribution in [0.25, 0.3) is 144 Å². The Morgan fingerprint density at radius 3 is 0.884 bits per heavy atom. The van der Waals surface area contributed by atoms with Gasteiger partial charge in [-0.15, -0.1) is 0 Å². The zero-order valence-electron chi connectivity index (χ0n) is 60.9. The summed E-state index contributed by atoms with van der Waals surface area (Å²) in [6.07, 6.45) is 0. The van der Waals surface area contributed by atoms with Crippen LogP contribution in [0, 0.1) is 13.1 Å². The second-order valence-electron chi connectivity index (χ2n) is 28.4. The van der Waals surface area contributed by atoms with Crippen molar-refractivity contribution < 1.29 is 0 Å². The van der Waals surface area contributed by atoms with Gasteiger partial charge in [0.2, 0.25) is 0 Å². The fraction of sp³-hybridized carbons (Fsp3) is 0.0189. The van der Waals surface area contributed by atoms with Gasteiger partial charge in [-0.25, -0.2) is 29.6 Å². The summed E-state index contributed by atoms with van der Waals surface area (Å²) in [4.78, 5) is 28.5. The highest BCUT2D eigenvalue weighted by molar-refractivity contribution is 5.97. The summed E-state index contributed by atoms with van der Waals surface area (Å²) in [5, 5.41) is 2.35. The van der Waals surface area contributed by atoms with Gasteiger partial charge >= 0.3 is 0 Å². The zero-order chi connectivity index (χ0) is 75.0. The Morgan fingerprint density at radius 1 is 0.196 bits per heavy atom. The third kappa shape index (κ3) is 11.9. The lowest BCUT2D eigenvalue weighted by atomic mass is 9.67. The average Bonchev–Trinajstić information content (AvgIpc) is 1.54. The molecule has 0 saturated heterocycles. The van der Waals surface area contributed by atoms with Crippen molar-refractivity contribution in [3.8, 4) is 123 Å². The topological polar surface area (TPSA) is 60.3 Å². The minimum atomic E-state index is -0.590. The Balaban J connectivity index is 0.000000151. The lowest BCUT2D eigenvalue weighted by Crippen LogP contribution is -2.28. The van der Waals surface area contributed by atoms with Crippen LogP contribution in [0.1, 0.15) is 44.5 Å². The standard InChI is InChI=1S/C54H35N3.C52H33N3/c1-55-49-27-15-26-47-52(49)46-33-32-42(35-48(46)54(47,44-22-10-4-11-23-44)45-24-12-5-13-25-45)38-28-30-40(31-29-38)51-36-50(39-18-8-3-9-19-39)56-53(57-51)43-21-14-20-41(34-43)37-16-6-2-7-17-37;1-53-47-23-13-22-45-50(47)44-31-30-40(33-46(44)52(45,42-18-7-3-8-19-42)43-20-9-4-10-21-43)36-24-27-38(28-25-36)49-34-48(37-15-5-2-6-16-37)54-51(55-49)41-29-26-35-14-11-12-17-39(35)32-41/h2-36H;2-34H. The maximum atomic E-state index is 8.15. The number of hydrogen-bond donors (Lipinski definition) is 0. The molecule has 0 bridgehead atoms. The maximum absolute atomic E-state index is 8.15. The van der Waals surface area contributed by atoms with Gasteiger partial charge in [0.05, 0.1) is 46.7 Å². The van der Waals surface area contributed by atoms with Crippen molar-refractivity contribution in [1.82, 2.24) is 19.9 Å². The van der Waals surface area contributed by atoms with Crippen molar-refractivity contribution in [2.24, 2.45) is 0 Å². The molecule has 0 N–H and O–H groups in total. The first-order chi connectivity index (χ1) is 55.4. The Morgan fingerprint density at radius 2 is 0.482 bits per heavy atom. The van der Waals surface area contributed by atoms with Crippen LogP contribution in [0.4, 0.5) is 11.4 Å². The van der Waals surface area contributed by atoms with Gasteiger partial charge in [0, 0.05) is 33.4 Å². The van der Waals surface area contributed by atoms with Crippen molar-refractivity contribution in [2.45, 2.75) is 10.8 Å². The minimum Gasteiger partial charge on any atom is -0.238 e. The Kier molecular flexibility index (Phi) is 17.4. The molecule has 0 atom stereocenters. The lowest BCUT2D eigenvalue weighted by Gasteiger charge is -2.34. The molecule has 112 heavy (non-hydrogen) atoms. The van der Waals surface area contributed by atoms with Crippen molar-refractivity contribution in [2.75, 3.05) is 0 Å². The van der Waals surface area contributed by atoms with Gasteiger partial charge in [0.15, 0.2) is 23.0 Å². The molecule has 2 aromatic heterocycles. The van der Waals surface area contributed by atoms with E-state index in [0.717, 1.165) is 128 Å². The summed E-state index contributed by atoms with van der Waals surface area (Å²) in [6, 6.07) is 145. The van der Waals surface area contributed by atoms with Crippen molar-refractivity contribution >= 4 is 22.1 Å². The van der Waals surface area contributed by atoms with E-state index in [0.29, 0.717) is 23.0 Å². The molecule has 6 heteroatoms. The zero-order valence-corrected chi connectivity index (χ0v) is 60.9. The smallest absolute Gasteiger partial charge is 0.195 e. The van der Waals surface area contributed by atoms with E-state index in [-0.39, 0.29) is 0 Å². The molecule has 522 valence electrons. The normalized spacial score (nSPS) is 12.4. The fourth-order valence-corrected chi connectivity index (χ4v) is 17.0. The molecule has 18 aromatic rings. The molecule has 0 saturated carbocycles. The van der Waals surface area contributed by atoms with Crippen LogP contribution in [-0.2, 0) is 10.8 Å². The van der Waals surface area contributed by atoms with Crippen LogP contribution in [0.3, 0.4) is 0 Å². The van der Waals surface area contributed by atoms with E-state index in [2.05, 4.69) is 355 Å². The van der Waals surface area contributed by atoms with Gasteiger partial charge in [0.1, 0.15) is 0 Å². The number of aromatic nitrogens is 4. The fourth-order valence-electron chi connectivity index (χ4n) is 17.0. The van der Waals surface area contributed by atoms with Gasteiger partial charge < -0.3 is 0 Å². The second-order valence-corrected chi connectivity index (χ2v) is 28.4. The van der Waals surface area contributed by atoms with Gasteiger partial charge in [0.25, 0.3) is 0 Å². The third-order valence-corrected chi connectivity index (χ3v) is 22.2. The molecule has 16 aromatic carbocycles. The molecular formula is C106H68N6. The van der Waals surface area contributed by atoms with Crippen LogP contribution >= 0.6 is 0 Å². The highest BCUT2D eigenvalue weighted by Crippen LogP contribution is 2.61. The van der Waals surface area contributed by atoms with Crippen LogP contribution in [0.15, 0.2) is 413 Å². The molecule has 0 radical (unpaired) electrons. The third-order valence-electron chi connectivity index (χ3n) is 22.2. The van der Waals surface area contributed by atoms with E-state index in [1.165, 1.54) is 38.8 Å². The number of rotatable bonds is 13. The quantitative estimate of drug-likeness (QED) is 0.108. The number of nitrogens with zero attached hydrogens (tertiary/aromatic N) is 6. The molecule has 0 fully saturated rings. The predicted molar refractivity (Wildman–Crippen MR) is 458 cm³/mol. The minimum absolute atomic E-state index is 0.586. The van der Waals surface area contributed by atoms with E-state index in [4.69, 9.17) is 33.1 Å². The Labute approximate surface area is 652 Å². The van der Waals surface area contributed by atoms with Gasteiger partial charge in [-0.1, -0.05) is 376 Å². The van der Waals surface area contributed by atoms with Crippen LogP contribution in [0.5, 0.6) is 0 Å². The molecule has 2 aliphatic rings. The summed E-state index contributed by atoms with van der Waals surface area (Å²) >= 11 is 0. The lowest BCUT2D eigenvalue weighted by molar-refractivity contribution is 0.769. The number of benzene rings is 16. The molecule has 2 heterocycles. The second kappa shape index (κ2) is 28.9. The molecule has 2 aliphatic carbocycles. The summed E-state index contributed by atoms with van der Waals surface area (Å²) in [5.41, 5.74) is 30.0. The maximum Gasteiger partial charge on any atom is 0.195 e. The highest BCUT2D eigenvalue weighted by atomic mass is 14.9. The Bertz CT molecular complexity index is 6580. The molecule has 0 amide bonds. The number of fused-ring (bicyclic) bond motifs is 7. The first-order valence-electron chi connectivity index (χ1n) is 37.7. The molecule has 0 aliphatic heterocycles. The Hall–Kier alpha value is -15.1. The van der Waals surface area contributed by atoms with Crippen molar-refractivity contribution in [3.05, 3.63) is 480 Å². The van der Waals surface area contributed by atoms with Crippen LogP contribution < -0.4 is 0 Å². The van der Waals surface area contributed by atoms with E-state index in [1.54, 1.807) is 0 Å². The van der Waals surface area contributed by atoms with E-state index >= 15 is 0 Å². The monoisotopic (exact) mass is 1420 g/mol. The van der Waals surface area contributed by atoms with Gasteiger partial charge in [-0.3, -0.25) is 0 Å².